The van der Waals surface area contributed by atoms with E-state index < -0.39 is 21.2 Å². The minimum atomic E-state index is -3.29. The van der Waals surface area contributed by atoms with E-state index in [9.17, 15) is 13.5 Å². The highest BCUT2D eigenvalue weighted by molar-refractivity contribution is 9.10. The van der Waals surface area contributed by atoms with Crippen LogP contribution in [-0.2, 0) is 9.84 Å². The minimum Gasteiger partial charge on any atom is -0.391 e. The molecule has 102 valence electrons. The molecule has 18 heavy (non-hydrogen) atoms. The topological polar surface area (TPSA) is 80.4 Å². The van der Waals surface area contributed by atoms with Gasteiger partial charge in [0.2, 0.25) is 0 Å². The Morgan fingerprint density at radius 3 is 2.22 bits per heavy atom. The summed E-state index contributed by atoms with van der Waals surface area (Å²) in [5.41, 5.74) is 6.50. The minimum absolute atomic E-state index is 0.197. The quantitative estimate of drug-likeness (QED) is 0.849. The summed E-state index contributed by atoms with van der Waals surface area (Å²) >= 11 is 3.32. The predicted octanol–water partition coefficient (Wildman–Crippen LogP) is 1.29. The first-order chi connectivity index (χ1) is 8.27. The van der Waals surface area contributed by atoms with Gasteiger partial charge in [0.25, 0.3) is 0 Å². The van der Waals surface area contributed by atoms with Crippen molar-refractivity contribution in [2.45, 2.75) is 24.2 Å². The summed E-state index contributed by atoms with van der Waals surface area (Å²) in [5.74, 6) is -0.386. The van der Waals surface area contributed by atoms with Gasteiger partial charge in [0.15, 0.2) is 9.84 Å². The average molecular weight is 336 g/mol. The summed E-state index contributed by atoms with van der Waals surface area (Å²) in [6, 6.07) is 7.35. The lowest BCUT2D eigenvalue weighted by atomic mass is 9.92. The van der Waals surface area contributed by atoms with E-state index in [1.165, 1.54) is 6.92 Å². The van der Waals surface area contributed by atoms with Gasteiger partial charge in [-0.3, -0.25) is 0 Å². The summed E-state index contributed by atoms with van der Waals surface area (Å²) in [5, 5.41) is 9.33. The molecule has 3 N–H and O–H groups in total. The van der Waals surface area contributed by atoms with Crippen LogP contribution in [0.15, 0.2) is 28.7 Å². The maximum Gasteiger partial charge on any atom is 0.152 e. The van der Waals surface area contributed by atoms with Crippen LogP contribution in [0, 0.1) is 0 Å². The molecule has 0 radical (unpaired) electrons. The van der Waals surface area contributed by atoms with Gasteiger partial charge in [-0.25, -0.2) is 8.42 Å². The lowest BCUT2D eigenvalue weighted by molar-refractivity contribution is 0.144. The van der Waals surface area contributed by atoms with Gasteiger partial charge in [-0.05, 0) is 24.6 Å². The molecule has 0 aliphatic heterocycles. The van der Waals surface area contributed by atoms with Crippen molar-refractivity contribution in [3.8, 4) is 0 Å². The Morgan fingerprint density at radius 1 is 1.33 bits per heavy atom. The normalized spacial score (nSPS) is 17.2. The molecule has 0 aliphatic rings. The maximum absolute atomic E-state index is 11.5. The number of hydrogen-bond acceptors (Lipinski definition) is 4. The molecule has 0 amide bonds. The highest BCUT2D eigenvalue weighted by atomic mass is 79.9. The third-order valence-electron chi connectivity index (χ3n) is 3.12. The predicted molar refractivity (Wildman–Crippen MR) is 76.3 cm³/mol. The zero-order valence-corrected chi connectivity index (χ0v) is 12.8. The van der Waals surface area contributed by atoms with Crippen LogP contribution in [0.5, 0.6) is 0 Å². The number of sulfone groups is 1. The van der Waals surface area contributed by atoms with Crippen molar-refractivity contribution in [1.29, 1.82) is 0 Å². The number of halogens is 1. The fourth-order valence-electron chi connectivity index (χ4n) is 1.76. The van der Waals surface area contributed by atoms with Crippen molar-refractivity contribution in [2.75, 3.05) is 12.8 Å². The third kappa shape index (κ3) is 3.78. The largest absolute Gasteiger partial charge is 0.391 e. The lowest BCUT2D eigenvalue weighted by Crippen LogP contribution is -2.38. The van der Waals surface area contributed by atoms with Gasteiger partial charge in [0.05, 0.1) is 11.4 Å². The van der Waals surface area contributed by atoms with E-state index in [0.717, 1.165) is 16.3 Å². The fraction of sp³-hybridized carbons (Fsp3) is 0.500. The average Bonchev–Trinajstić information content (AvgIpc) is 2.30. The van der Waals surface area contributed by atoms with Gasteiger partial charge in [0.1, 0.15) is 0 Å². The molecule has 4 nitrogen and oxygen atoms in total. The highest BCUT2D eigenvalue weighted by Crippen LogP contribution is 2.25. The monoisotopic (exact) mass is 335 g/mol. The summed E-state index contributed by atoms with van der Waals surface area (Å²) < 4.78 is 23.9. The Morgan fingerprint density at radius 2 is 1.83 bits per heavy atom. The molecule has 0 spiro atoms. The number of hydrogen-bond donors (Lipinski definition) is 2. The van der Waals surface area contributed by atoms with E-state index >= 15 is 0 Å². The van der Waals surface area contributed by atoms with E-state index in [0.29, 0.717) is 0 Å². The van der Waals surface area contributed by atoms with Crippen molar-refractivity contribution in [3.63, 3.8) is 0 Å². The molecule has 0 bridgehead atoms. The first-order valence-electron chi connectivity index (χ1n) is 5.60. The van der Waals surface area contributed by atoms with Gasteiger partial charge in [-0.2, -0.15) is 0 Å². The van der Waals surface area contributed by atoms with Gasteiger partial charge >= 0.3 is 0 Å². The second kappa shape index (κ2) is 6.14. The second-order valence-electron chi connectivity index (χ2n) is 4.42. The SMILES string of the molecule is CC(C(O)C(CN)c1ccc(Br)cc1)S(C)(=O)=O. The number of nitrogens with two attached hydrogens (primary N) is 1. The Kier molecular flexibility index (Phi) is 5.33. The zero-order chi connectivity index (χ0) is 13.9. The smallest absolute Gasteiger partial charge is 0.152 e. The Hall–Kier alpha value is -0.430. The molecule has 1 rings (SSSR count). The number of aliphatic hydroxyl groups excluding tert-OH is 1. The molecule has 0 fully saturated rings. The van der Waals surface area contributed by atoms with Crippen LogP contribution in [0.1, 0.15) is 18.4 Å². The molecule has 0 saturated heterocycles. The van der Waals surface area contributed by atoms with Crippen LogP contribution in [0.4, 0.5) is 0 Å². The van der Waals surface area contributed by atoms with Crippen LogP contribution in [-0.4, -0.2) is 37.7 Å². The van der Waals surface area contributed by atoms with Crippen LogP contribution in [0.25, 0.3) is 0 Å². The lowest BCUT2D eigenvalue weighted by Gasteiger charge is -2.26. The summed E-state index contributed by atoms with van der Waals surface area (Å²) in [6.45, 7) is 1.70. The molecule has 0 saturated carbocycles. The van der Waals surface area contributed by atoms with Crippen LogP contribution >= 0.6 is 15.9 Å². The number of benzene rings is 1. The molecule has 1 aromatic carbocycles. The van der Waals surface area contributed by atoms with Crippen molar-refractivity contribution in [1.82, 2.24) is 0 Å². The maximum atomic E-state index is 11.5. The highest BCUT2D eigenvalue weighted by Gasteiger charge is 2.31. The Labute approximate surface area is 116 Å². The standard InChI is InChI=1S/C12H18BrNO3S/c1-8(18(2,16)17)12(15)11(7-14)9-3-5-10(13)6-4-9/h3-6,8,11-12,15H,7,14H2,1-2H3. The van der Waals surface area contributed by atoms with Gasteiger partial charge < -0.3 is 10.8 Å². The summed E-state index contributed by atoms with van der Waals surface area (Å²) in [7, 11) is -3.29. The zero-order valence-electron chi connectivity index (χ0n) is 10.4. The van der Waals surface area contributed by atoms with E-state index in [1.54, 1.807) is 0 Å². The summed E-state index contributed by atoms with van der Waals surface area (Å²) in [4.78, 5) is 0. The van der Waals surface area contributed by atoms with Crippen LogP contribution < -0.4 is 5.73 Å². The Balaban J connectivity index is 3.00. The number of rotatable bonds is 5. The third-order valence-corrected chi connectivity index (χ3v) is 5.28. The molecule has 0 aliphatic carbocycles. The van der Waals surface area contributed by atoms with Crippen molar-refractivity contribution >= 4 is 25.8 Å². The fourth-order valence-corrected chi connectivity index (χ4v) is 2.72. The second-order valence-corrected chi connectivity index (χ2v) is 7.74. The number of aliphatic hydroxyl groups is 1. The van der Waals surface area contributed by atoms with Crippen LogP contribution in [0.3, 0.4) is 0 Å². The first-order valence-corrected chi connectivity index (χ1v) is 8.34. The molecule has 3 unspecified atom stereocenters. The molecule has 3 atom stereocenters. The molecular weight excluding hydrogens is 318 g/mol. The van der Waals surface area contributed by atoms with Crippen LogP contribution in [0.2, 0.25) is 0 Å². The van der Waals surface area contributed by atoms with Crippen molar-refractivity contribution in [2.24, 2.45) is 5.73 Å². The Bertz CT molecular complexity index is 487. The van der Waals surface area contributed by atoms with E-state index in [-0.39, 0.29) is 12.5 Å². The van der Waals surface area contributed by atoms with Crippen molar-refractivity contribution < 1.29 is 13.5 Å². The van der Waals surface area contributed by atoms with Gasteiger partial charge in [0, 0.05) is 23.2 Å². The van der Waals surface area contributed by atoms with Gasteiger partial charge in [-0.1, -0.05) is 28.1 Å². The summed E-state index contributed by atoms with van der Waals surface area (Å²) in [6.07, 6.45) is 0.113. The van der Waals surface area contributed by atoms with E-state index in [1.807, 2.05) is 24.3 Å². The van der Waals surface area contributed by atoms with E-state index in [2.05, 4.69) is 15.9 Å². The van der Waals surface area contributed by atoms with E-state index in [4.69, 9.17) is 5.73 Å². The van der Waals surface area contributed by atoms with Gasteiger partial charge in [-0.15, -0.1) is 0 Å². The molecule has 0 heterocycles. The molecular formula is C12H18BrNO3S. The van der Waals surface area contributed by atoms with Crippen molar-refractivity contribution in [3.05, 3.63) is 34.3 Å². The molecule has 0 aromatic heterocycles. The molecule has 1 aromatic rings. The molecule has 6 heteroatoms. The first kappa shape index (κ1) is 15.6.